The highest BCUT2D eigenvalue weighted by atomic mass is 32.1. The number of amides is 1. The molecule has 1 aromatic carbocycles. The van der Waals surface area contributed by atoms with Gasteiger partial charge in [0.15, 0.2) is 6.61 Å². The number of esters is 2. The van der Waals surface area contributed by atoms with Crippen LogP contribution in [0.25, 0.3) is 10.4 Å². The molecule has 1 heterocycles. The maximum Gasteiger partial charge on any atom is 0.341 e. The summed E-state index contributed by atoms with van der Waals surface area (Å²) in [6.45, 7) is 3.43. The first kappa shape index (κ1) is 20.1. The molecule has 0 saturated heterocycles. The van der Waals surface area contributed by atoms with Gasteiger partial charge in [0.05, 0.1) is 18.1 Å². The Labute approximate surface area is 167 Å². The Bertz CT molecular complexity index is 870. The van der Waals surface area contributed by atoms with Crippen molar-refractivity contribution in [1.29, 1.82) is 0 Å². The van der Waals surface area contributed by atoms with E-state index < -0.39 is 11.9 Å². The van der Waals surface area contributed by atoms with Crippen LogP contribution in [-0.2, 0) is 19.1 Å². The molecular formula is C21H23NO5S. The molecule has 0 spiro atoms. The highest BCUT2D eigenvalue weighted by Crippen LogP contribution is 2.40. The van der Waals surface area contributed by atoms with Gasteiger partial charge in [0.1, 0.15) is 5.00 Å². The molecule has 1 N–H and O–H groups in total. The summed E-state index contributed by atoms with van der Waals surface area (Å²) in [6, 6.07) is 9.63. The molecule has 7 heteroatoms. The van der Waals surface area contributed by atoms with Crippen LogP contribution in [0.4, 0.5) is 5.00 Å². The Morgan fingerprint density at radius 1 is 1.14 bits per heavy atom. The molecular weight excluding hydrogens is 378 g/mol. The SMILES string of the molecule is CCOC(=O)c1c(NC(=O)COC(=O)C2CCC2)sc(-c2ccccc2)c1C. The molecule has 0 unspecified atom stereocenters. The van der Waals surface area contributed by atoms with Crippen LogP contribution in [0.2, 0.25) is 0 Å². The van der Waals surface area contributed by atoms with Crippen LogP contribution in [0.1, 0.15) is 42.1 Å². The van der Waals surface area contributed by atoms with Crippen molar-refractivity contribution in [3.05, 3.63) is 41.5 Å². The fraction of sp³-hybridized carbons (Fsp3) is 0.381. The van der Waals surface area contributed by atoms with Gasteiger partial charge in [-0.1, -0.05) is 36.8 Å². The number of ether oxygens (including phenoxy) is 2. The average molecular weight is 401 g/mol. The molecule has 1 fully saturated rings. The Morgan fingerprint density at radius 3 is 2.46 bits per heavy atom. The zero-order chi connectivity index (χ0) is 20.1. The van der Waals surface area contributed by atoms with E-state index >= 15 is 0 Å². The minimum absolute atomic E-state index is 0.0865. The number of carbonyl (C=O) groups is 3. The molecule has 2 aromatic rings. The fourth-order valence-electron chi connectivity index (χ4n) is 2.98. The summed E-state index contributed by atoms with van der Waals surface area (Å²) >= 11 is 1.30. The molecule has 1 amide bonds. The standard InChI is InChI=1S/C21H23NO5S/c1-3-26-21(25)17-13(2)18(14-8-5-4-6-9-14)28-19(17)22-16(23)12-27-20(24)15-10-7-11-15/h4-6,8-9,15H,3,7,10-12H2,1-2H3,(H,22,23). The average Bonchev–Trinajstić information content (AvgIpc) is 2.95. The zero-order valence-corrected chi connectivity index (χ0v) is 16.8. The van der Waals surface area contributed by atoms with Crippen molar-refractivity contribution in [1.82, 2.24) is 0 Å². The molecule has 0 bridgehead atoms. The Kier molecular flexibility index (Phi) is 6.46. The van der Waals surface area contributed by atoms with E-state index in [1.165, 1.54) is 11.3 Å². The van der Waals surface area contributed by atoms with E-state index in [2.05, 4.69) is 5.32 Å². The number of hydrogen-bond acceptors (Lipinski definition) is 6. The topological polar surface area (TPSA) is 81.7 Å². The van der Waals surface area contributed by atoms with Crippen molar-refractivity contribution >= 4 is 34.2 Å². The third-order valence-corrected chi connectivity index (χ3v) is 5.96. The van der Waals surface area contributed by atoms with Crippen molar-refractivity contribution in [2.75, 3.05) is 18.5 Å². The van der Waals surface area contributed by atoms with Gasteiger partial charge in [0.25, 0.3) is 5.91 Å². The summed E-state index contributed by atoms with van der Waals surface area (Å²) in [5, 5.41) is 3.12. The van der Waals surface area contributed by atoms with Gasteiger partial charge >= 0.3 is 11.9 Å². The second-order valence-corrected chi connectivity index (χ2v) is 7.65. The Balaban J connectivity index is 1.79. The second kappa shape index (κ2) is 9.01. The zero-order valence-electron chi connectivity index (χ0n) is 15.9. The Morgan fingerprint density at radius 2 is 1.86 bits per heavy atom. The first-order valence-corrected chi connectivity index (χ1v) is 10.1. The third-order valence-electron chi connectivity index (χ3n) is 4.70. The largest absolute Gasteiger partial charge is 0.462 e. The molecule has 0 atom stereocenters. The van der Waals surface area contributed by atoms with Crippen LogP contribution >= 0.6 is 11.3 Å². The molecule has 148 valence electrons. The highest BCUT2D eigenvalue weighted by molar-refractivity contribution is 7.20. The first-order valence-electron chi connectivity index (χ1n) is 9.33. The fourth-order valence-corrected chi connectivity index (χ4v) is 4.19. The number of carbonyl (C=O) groups excluding carboxylic acids is 3. The lowest BCUT2D eigenvalue weighted by Gasteiger charge is -2.22. The lowest BCUT2D eigenvalue weighted by atomic mass is 9.86. The lowest BCUT2D eigenvalue weighted by molar-refractivity contribution is -0.154. The molecule has 28 heavy (non-hydrogen) atoms. The van der Waals surface area contributed by atoms with Gasteiger partial charge in [-0.05, 0) is 37.8 Å². The summed E-state index contributed by atoms with van der Waals surface area (Å²) in [5.74, 6) is -1.38. The van der Waals surface area contributed by atoms with Gasteiger partial charge < -0.3 is 14.8 Å². The van der Waals surface area contributed by atoms with Crippen LogP contribution in [0.15, 0.2) is 30.3 Å². The minimum Gasteiger partial charge on any atom is -0.462 e. The first-order chi connectivity index (χ1) is 13.5. The predicted octanol–water partition coefficient (Wildman–Crippen LogP) is 4.18. The smallest absolute Gasteiger partial charge is 0.341 e. The Hall–Kier alpha value is -2.67. The second-order valence-electron chi connectivity index (χ2n) is 6.63. The van der Waals surface area contributed by atoms with Crippen LogP contribution in [0.3, 0.4) is 0 Å². The molecule has 6 nitrogen and oxygen atoms in total. The number of benzene rings is 1. The van der Waals surface area contributed by atoms with Gasteiger partial charge in [-0.3, -0.25) is 9.59 Å². The number of nitrogens with one attached hydrogen (secondary N) is 1. The quantitative estimate of drug-likeness (QED) is 0.704. The maximum absolute atomic E-state index is 12.5. The van der Waals surface area contributed by atoms with Gasteiger partial charge in [0, 0.05) is 4.88 Å². The van der Waals surface area contributed by atoms with Gasteiger partial charge in [-0.2, -0.15) is 0 Å². The van der Waals surface area contributed by atoms with Gasteiger partial charge in [-0.25, -0.2) is 4.79 Å². The lowest BCUT2D eigenvalue weighted by Crippen LogP contribution is -2.28. The van der Waals surface area contributed by atoms with Crippen LogP contribution in [0, 0.1) is 12.8 Å². The predicted molar refractivity (Wildman–Crippen MR) is 107 cm³/mol. The van der Waals surface area contributed by atoms with Gasteiger partial charge in [0.2, 0.25) is 0 Å². The summed E-state index contributed by atoms with van der Waals surface area (Å²) in [4.78, 5) is 37.5. The summed E-state index contributed by atoms with van der Waals surface area (Å²) < 4.78 is 10.3. The van der Waals surface area contributed by atoms with Gasteiger partial charge in [-0.15, -0.1) is 11.3 Å². The van der Waals surface area contributed by atoms with Crippen molar-refractivity contribution in [3.63, 3.8) is 0 Å². The van der Waals surface area contributed by atoms with Crippen LogP contribution in [-0.4, -0.2) is 31.1 Å². The van der Waals surface area contributed by atoms with E-state index in [4.69, 9.17) is 9.47 Å². The molecule has 1 aliphatic rings. The molecule has 1 saturated carbocycles. The summed E-state index contributed by atoms with van der Waals surface area (Å²) in [5.41, 5.74) is 2.04. The highest BCUT2D eigenvalue weighted by Gasteiger charge is 2.28. The third kappa shape index (κ3) is 4.42. The number of hydrogen-bond donors (Lipinski definition) is 1. The maximum atomic E-state index is 12.5. The minimum atomic E-state index is -0.486. The summed E-state index contributed by atoms with van der Waals surface area (Å²) in [6.07, 6.45) is 2.65. The molecule has 0 radical (unpaired) electrons. The van der Waals surface area contributed by atoms with E-state index in [9.17, 15) is 14.4 Å². The molecule has 0 aliphatic heterocycles. The molecule has 1 aromatic heterocycles. The van der Waals surface area contributed by atoms with E-state index in [0.717, 1.165) is 35.3 Å². The van der Waals surface area contributed by atoms with Crippen molar-refractivity contribution in [2.45, 2.75) is 33.1 Å². The van der Waals surface area contributed by atoms with Crippen LogP contribution < -0.4 is 5.32 Å². The van der Waals surface area contributed by atoms with Crippen molar-refractivity contribution in [3.8, 4) is 10.4 Å². The normalized spacial score (nSPS) is 13.5. The van der Waals surface area contributed by atoms with E-state index in [-0.39, 0.29) is 25.1 Å². The molecule has 3 rings (SSSR count). The number of rotatable bonds is 7. The van der Waals surface area contributed by atoms with E-state index in [1.54, 1.807) is 6.92 Å². The van der Waals surface area contributed by atoms with Crippen LogP contribution in [0.5, 0.6) is 0 Å². The van der Waals surface area contributed by atoms with Crippen molar-refractivity contribution in [2.24, 2.45) is 5.92 Å². The van der Waals surface area contributed by atoms with E-state index in [0.29, 0.717) is 10.6 Å². The monoisotopic (exact) mass is 401 g/mol. The summed E-state index contributed by atoms with van der Waals surface area (Å²) in [7, 11) is 0. The van der Waals surface area contributed by atoms with Crippen molar-refractivity contribution < 1.29 is 23.9 Å². The molecule has 1 aliphatic carbocycles. The number of anilines is 1. The number of thiophene rings is 1. The van der Waals surface area contributed by atoms with E-state index in [1.807, 2.05) is 37.3 Å².